The second-order valence-electron chi connectivity index (χ2n) is 5.70. The van der Waals surface area contributed by atoms with Gasteiger partial charge in [0.05, 0.1) is 0 Å². The van der Waals surface area contributed by atoms with E-state index in [1.54, 1.807) is 12.1 Å². The molecule has 1 N–H and O–H groups in total. The van der Waals surface area contributed by atoms with Crippen molar-refractivity contribution in [2.75, 3.05) is 7.05 Å². The predicted molar refractivity (Wildman–Crippen MR) is 76.0 cm³/mol. The molecule has 1 aromatic carbocycles. The fourth-order valence-electron chi connectivity index (χ4n) is 3.21. The molecule has 112 valence electrons. The normalized spacial score (nSPS) is 24.6. The summed E-state index contributed by atoms with van der Waals surface area (Å²) in [6.07, 6.45) is 4.69. The van der Waals surface area contributed by atoms with Gasteiger partial charge in [0.1, 0.15) is 5.75 Å². The second kappa shape index (κ2) is 7.02. The Morgan fingerprint density at radius 1 is 1.15 bits per heavy atom. The van der Waals surface area contributed by atoms with E-state index in [4.69, 9.17) is 0 Å². The predicted octanol–water partition coefficient (Wildman–Crippen LogP) is 4.37. The number of ether oxygens (including phenoxy) is 1. The molecular formula is C16H23F2NO. The van der Waals surface area contributed by atoms with Gasteiger partial charge in [-0.05, 0) is 37.8 Å². The molecule has 0 bridgehead atoms. The van der Waals surface area contributed by atoms with Crippen LogP contribution in [0.2, 0.25) is 0 Å². The molecular weight excluding hydrogens is 260 g/mol. The Morgan fingerprint density at radius 2 is 1.80 bits per heavy atom. The van der Waals surface area contributed by atoms with Crippen molar-refractivity contribution in [2.45, 2.75) is 45.3 Å². The van der Waals surface area contributed by atoms with Crippen LogP contribution in [-0.2, 0) is 0 Å². The lowest BCUT2D eigenvalue weighted by molar-refractivity contribution is -0.0509. The van der Waals surface area contributed by atoms with E-state index < -0.39 is 6.61 Å². The molecule has 0 saturated heterocycles. The van der Waals surface area contributed by atoms with E-state index in [0.29, 0.717) is 11.7 Å². The first-order valence-electron chi connectivity index (χ1n) is 7.32. The maximum Gasteiger partial charge on any atom is 0.387 e. The van der Waals surface area contributed by atoms with Gasteiger partial charge in [-0.15, -0.1) is 0 Å². The number of alkyl halides is 2. The van der Waals surface area contributed by atoms with Gasteiger partial charge in [-0.3, -0.25) is 0 Å². The molecule has 0 amide bonds. The van der Waals surface area contributed by atoms with Crippen molar-refractivity contribution in [2.24, 2.45) is 11.8 Å². The lowest BCUT2D eigenvalue weighted by atomic mass is 9.77. The van der Waals surface area contributed by atoms with Gasteiger partial charge in [-0.2, -0.15) is 8.78 Å². The number of hydrogen-bond acceptors (Lipinski definition) is 2. The number of nitrogens with one attached hydrogen (secondary N) is 1. The van der Waals surface area contributed by atoms with Crippen molar-refractivity contribution in [1.29, 1.82) is 0 Å². The smallest absolute Gasteiger partial charge is 0.387 e. The Labute approximate surface area is 119 Å². The third-order valence-electron chi connectivity index (χ3n) is 4.31. The molecule has 2 rings (SSSR count). The maximum atomic E-state index is 12.5. The molecule has 1 aromatic rings. The summed E-state index contributed by atoms with van der Waals surface area (Å²) in [5, 5.41) is 3.29. The van der Waals surface area contributed by atoms with Crippen LogP contribution < -0.4 is 10.1 Å². The zero-order valence-electron chi connectivity index (χ0n) is 12.1. The molecule has 1 fully saturated rings. The second-order valence-corrected chi connectivity index (χ2v) is 5.70. The topological polar surface area (TPSA) is 21.3 Å². The minimum absolute atomic E-state index is 0.0810. The van der Waals surface area contributed by atoms with Gasteiger partial charge >= 0.3 is 6.61 Å². The molecule has 20 heavy (non-hydrogen) atoms. The fourth-order valence-corrected chi connectivity index (χ4v) is 3.21. The molecule has 1 atom stereocenters. The van der Waals surface area contributed by atoms with Crippen molar-refractivity contribution in [3.8, 4) is 5.75 Å². The van der Waals surface area contributed by atoms with E-state index in [1.165, 1.54) is 12.8 Å². The number of benzene rings is 1. The number of para-hydroxylation sites is 1. The fraction of sp³-hybridized carbons (Fsp3) is 0.625. The summed E-state index contributed by atoms with van der Waals surface area (Å²) < 4.78 is 29.7. The molecule has 0 aliphatic heterocycles. The summed E-state index contributed by atoms with van der Waals surface area (Å²) in [6, 6.07) is 7.20. The Balaban J connectivity index is 2.18. The van der Waals surface area contributed by atoms with Crippen LogP contribution in [0.4, 0.5) is 8.78 Å². The first-order valence-corrected chi connectivity index (χ1v) is 7.32. The highest BCUT2D eigenvalue weighted by Gasteiger charge is 2.28. The standard InChI is InChI=1S/C16H23F2NO/c1-11-7-9-12(10-8-11)15(19-2)13-5-3-4-6-14(13)20-16(17)18/h3-6,11-12,15-16,19H,7-10H2,1-2H3. The van der Waals surface area contributed by atoms with E-state index in [-0.39, 0.29) is 6.04 Å². The molecule has 1 saturated carbocycles. The largest absolute Gasteiger partial charge is 0.434 e. The molecule has 1 aliphatic carbocycles. The number of hydrogen-bond donors (Lipinski definition) is 1. The van der Waals surface area contributed by atoms with E-state index in [1.807, 2.05) is 19.2 Å². The Hall–Kier alpha value is -1.16. The monoisotopic (exact) mass is 283 g/mol. The quantitative estimate of drug-likeness (QED) is 0.866. The number of halogens is 2. The van der Waals surface area contributed by atoms with Crippen LogP contribution in [0, 0.1) is 11.8 Å². The molecule has 4 heteroatoms. The van der Waals surface area contributed by atoms with E-state index in [0.717, 1.165) is 24.3 Å². The van der Waals surface area contributed by atoms with Crippen LogP contribution in [0.25, 0.3) is 0 Å². The average Bonchev–Trinajstić information content (AvgIpc) is 2.43. The van der Waals surface area contributed by atoms with Crippen LogP contribution in [-0.4, -0.2) is 13.7 Å². The highest BCUT2D eigenvalue weighted by Crippen LogP contribution is 2.39. The minimum Gasteiger partial charge on any atom is -0.434 e. The van der Waals surface area contributed by atoms with E-state index in [2.05, 4.69) is 17.0 Å². The third kappa shape index (κ3) is 3.69. The average molecular weight is 283 g/mol. The van der Waals surface area contributed by atoms with Crippen molar-refractivity contribution in [3.05, 3.63) is 29.8 Å². The van der Waals surface area contributed by atoms with Crippen LogP contribution in [0.5, 0.6) is 5.75 Å². The van der Waals surface area contributed by atoms with Crippen molar-refractivity contribution in [1.82, 2.24) is 5.32 Å². The van der Waals surface area contributed by atoms with Gasteiger partial charge < -0.3 is 10.1 Å². The Morgan fingerprint density at radius 3 is 2.40 bits per heavy atom. The first kappa shape index (κ1) is 15.2. The van der Waals surface area contributed by atoms with Crippen LogP contribution in [0.1, 0.15) is 44.2 Å². The summed E-state index contributed by atoms with van der Waals surface area (Å²) in [7, 11) is 1.89. The van der Waals surface area contributed by atoms with Crippen molar-refractivity contribution < 1.29 is 13.5 Å². The zero-order chi connectivity index (χ0) is 14.5. The van der Waals surface area contributed by atoms with Crippen LogP contribution >= 0.6 is 0 Å². The third-order valence-corrected chi connectivity index (χ3v) is 4.31. The van der Waals surface area contributed by atoms with Gasteiger partial charge in [-0.25, -0.2) is 0 Å². The summed E-state index contributed by atoms with van der Waals surface area (Å²) in [5.41, 5.74) is 0.842. The first-order chi connectivity index (χ1) is 9.61. The zero-order valence-corrected chi connectivity index (χ0v) is 12.1. The lowest BCUT2D eigenvalue weighted by Gasteiger charge is -2.33. The van der Waals surface area contributed by atoms with Gasteiger partial charge in [0, 0.05) is 11.6 Å². The van der Waals surface area contributed by atoms with Gasteiger partial charge in [0.2, 0.25) is 0 Å². The minimum atomic E-state index is -2.78. The maximum absolute atomic E-state index is 12.5. The Bertz CT molecular complexity index is 417. The van der Waals surface area contributed by atoms with Crippen molar-refractivity contribution >= 4 is 0 Å². The van der Waals surface area contributed by atoms with Crippen molar-refractivity contribution in [3.63, 3.8) is 0 Å². The van der Waals surface area contributed by atoms with Crippen LogP contribution in [0.15, 0.2) is 24.3 Å². The molecule has 1 unspecified atom stereocenters. The molecule has 0 aromatic heterocycles. The molecule has 0 radical (unpaired) electrons. The molecule has 0 heterocycles. The highest BCUT2D eigenvalue weighted by atomic mass is 19.3. The van der Waals surface area contributed by atoms with Gasteiger partial charge in [-0.1, -0.05) is 38.0 Å². The number of rotatable bonds is 5. The van der Waals surface area contributed by atoms with E-state index >= 15 is 0 Å². The summed E-state index contributed by atoms with van der Waals surface area (Å²) in [4.78, 5) is 0. The summed E-state index contributed by atoms with van der Waals surface area (Å²) in [6.45, 7) is -0.502. The highest BCUT2D eigenvalue weighted by molar-refractivity contribution is 5.36. The molecule has 1 aliphatic rings. The van der Waals surface area contributed by atoms with E-state index in [9.17, 15) is 8.78 Å². The van der Waals surface area contributed by atoms with Crippen LogP contribution in [0.3, 0.4) is 0 Å². The SMILES string of the molecule is CNC(c1ccccc1OC(F)F)C1CCC(C)CC1. The molecule has 0 spiro atoms. The lowest BCUT2D eigenvalue weighted by Crippen LogP contribution is -2.29. The van der Waals surface area contributed by atoms with Gasteiger partial charge in [0.25, 0.3) is 0 Å². The molecule has 2 nitrogen and oxygen atoms in total. The van der Waals surface area contributed by atoms with Gasteiger partial charge in [0.15, 0.2) is 0 Å². The Kier molecular flexibility index (Phi) is 5.35. The summed E-state index contributed by atoms with van der Waals surface area (Å²) >= 11 is 0. The summed E-state index contributed by atoms with van der Waals surface area (Å²) in [5.74, 6) is 1.55.